The van der Waals surface area contributed by atoms with E-state index in [4.69, 9.17) is 0 Å². The monoisotopic (exact) mass is 281 g/mol. The van der Waals surface area contributed by atoms with Crippen molar-refractivity contribution in [2.75, 3.05) is 6.54 Å². The minimum Gasteiger partial charge on any atom is -0.388 e. The number of carbonyl (C=O) groups excluding carboxylic acids is 1. The zero-order chi connectivity index (χ0) is 14.4. The molecule has 1 amide bonds. The summed E-state index contributed by atoms with van der Waals surface area (Å²) < 4.78 is 0. The highest BCUT2D eigenvalue weighted by Gasteiger charge is 2.32. The van der Waals surface area contributed by atoms with Gasteiger partial charge in [0.2, 0.25) is 5.91 Å². The zero-order valence-electron chi connectivity index (χ0n) is 13.0. The summed E-state index contributed by atoms with van der Waals surface area (Å²) in [6.45, 7) is 2.64. The van der Waals surface area contributed by atoms with Crippen LogP contribution in [0.4, 0.5) is 0 Å². The van der Waals surface area contributed by atoms with E-state index in [0.717, 1.165) is 19.3 Å². The Morgan fingerprint density at radius 1 is 1.15 bits per heavy atom. The van der Waals surface area contributed by atoms with Gasteiger partial charge < -0.3 is 10.4 Å². The van der Waals surface area contributed by atoms with Gasteiger partial charge in [-0.15, -0.1) is 0 Å². The Bertz CT molecular complexity index is 310. The summed E-state index contributed by atoms with van der Waals surface area (Å²) in [6, 6.07) is 0. The molecule has 0 radical (unpaired) electrons. The first-order chi connectivity index (χ1) is 9.57. The molecule has 2 aliphatic carbocycles. The van der Waals surface area contributed by atoms with Crippen molar-refractivity contribution in [3.63, 3.8) is 0 Å². The van der Waals surface area contributed by atoms with E-state index in [1.165, 1.54) is 44.9 Å². The van der Waals surface area contributed by atoms with Gasteiger partial charge in [0.05, 0.1) is 5.60 Å². The first kappa shape index (κ1) is 15.8. The minimum absolute atomic E-state index is 0.142. The first-order valence-corrected chi connectivity index (χ1v) is 8.56. The number of hydrogen-bond donors (Lipinski definition) is 2. The van der Waals surface area contributed by atoms with Gasteiger partial charge in [-0.05, 0) is 37.5 Å². The van der Waals surface area contributed by atoms with Gasteiger partial charge in [0.15, 0.2) is 0 Å². The molecule has 2 atom stereocenters. The lowest BCUT2D eigenvalue weighted by atomic mass is 9.79. The number of carbonyl (C=O) groups is 1. The summed E-state index contributed by atoms with van der Waals surface area (Å²) >= 11 is 0. The van der Waals surface area contributed by atoms with Crippen LogP contribution in [-0.4, -0.2) is 23.2 Å². The second kappa shape index (κ2) is 7.44. The fourth-order valence-electron chi connectivity index (χ4n) is 3.96. The van der Waals surface area contributed by atoms with Crippen LogP contribution in [0.2, 0.25) is 0 Å². The highest BCUT2D eigenvalue weighted by Crippen LogP contribution is 2.31. The van der Waals surface area contributed by atoms with Gasteiger partial charge in [-0.25, -0.2) is 0 Å². The summed E-state index contributed by atoms with van der Waals surface area (Å²) in [5, 5.41) is 13.5. The number of rotatable bonds is 4. The maximum Gasteiger partial charge on any atom is 0.220 e. The molecule has 0 bridgehead atoms. The van der Waals surface area contributed by atoms with Crippen molar-refractivity contribution in [2.45, 2.75) is 83.2 Å². The summed E-state index contributed by atoms with van der Waals surface area (Å²) in [6.07, 6.45) is 12.2. The summed E-state index contributed by atoms with van der Waals surface area (Å²) in [5.74, 6) is 1.29. The fourth-order valence-corrected chi connectivity index (χ4v) is 3.96. The standard InChI is InChI=1S/C17H31NO2/c1-14-7-6-10-17(20,12-14)13-18-16(19)11-15-8-4-2-3-5-9-15/h14-15,20H,2-13H2,1H3,(H,18,19). The van der Waals surface area contributed by atoms with Crippen molar-refractivity contribution in [3.8, 4) is 0 Å². The molecule has 0 saturated heterocycles. The SMILES string of the molecule is CC1CCCC(O)(CNC(=O)CC2CCCCCC2)C1. The Kier molecular flexibility index (Phi) is 5.88. The predicted octanol–water partition coefficient (Wildman–Crippen LogP) is 3.40. The lowest BCUT2D eigenvalue weighted by Gasteiger charge is -2.35. The molecule has 0 aromatic rings. The van der Waals surface area contributed by atoms with Crippen LogP contribution in [0.15, 0.2) is 0 Å². The van der Waals surface area contributed by atoms with E-state index in [9.17, 15) is 9.90 Å². The van der Waals surface area contributed by atoms with Gasteiger partial charge in [-0.1, -0.05) is 45.4 Å². The van der Waals surface area contributed by atoms with E-state index in [2.05, 4.69) is 12.2 Å². The van der Waals surface area contributed by atoms with Gasteiger partial charge in [0.25, 0.3) is 0 Å². The van der Waals surface area contributed by atoms with Crippen LogP contribution in [-0.2, 0) is 4.79 Å². The number of hydrogen-bond acceptors (Lipinski definition) is 2. The molecule has 20 heavy (non-hydrogen) atoms. The normalized spacial score (nSPS) is 32.6. The molecule has 0 aromatic carbocycles. The molecule has 0 aromatic heterocycles. The molecule has 3 heteroatoms. The Morgan fingerprint density at radius 2 is 1.85 bits per heavy atom. The molecule has 0 heterocycles. The topological polar surface area (TPSA) is 49.3 Å². The van der Waals surface area contributed by atoms with Crippen LogP contribution >= 0.6 is 0 Å². The van der Waals surface area contributed by atoms with Crippen LogP contribution in [0.3, 0.4) is 0 Å². The number of aliphatic hydroxyl groups is 1. The Labute approximate surface area is 123 Å². The maximum atomic E-state index is 12.1. The second-order valence-corrected chi connectivity index (χ2v) is 7.26. The van der Waals surface area contributed by atoms with Gasteiger partial charge in [-0.3, -0.25) is 4.79 Å². The number of nitrogens with one attached hydrogen (secondary N) is 1. The van der Waals surface area contributed by atoms with Crippen LogP contribution in [0.5, 0.6) is 0 Å². The van der Waals surface area contributed by atoms with E-state index in [1.807, 2.05) is 0 Å². The molecule has 0 aliphatic heterocycles. The van der Waals surface area contributed by atoms with E-state index < -0.39 is 5.60 Å². The second-order valence-electron chi connectivity index (χ2n) is 7.26. The van der Waals surface area contributed by atoms with Crippen molar-refractivity contribution in [2.24, 2.45) is 11.8 Å². The lowest BCUT2D eigenvalue weighted by molar-refractivity contribution is -0.124. The molecule has 2 N–H and O–H groups in total. The first-order valence-electron chi connectivity index (χ1n) is 8.56. The molecule has 3 nitrogen and oxygen atoms in total. The molecule has 2 fully saturated rings. The zero-order valence-corrected chi connectivity index (χ0v) is 13.0. The van der Waals surface area contributed by atoms with Crippen molar-refractivity contribution >= 4 is 5.91 Å². The third-order valence-corrected chi connectivity index (χ3v) is 5.13. The van der Waals surface area contributed by atoms with Crippen LogP contribution < -0.4 is 5.32 Å². The number of amides is 1. The average Bonchev–Trinajstić information content (AvgIpc) is 2.65. The largest absolute Gasteiger partial charge is 0.388 e. The molecule has 0 spiro atoms. The lowest BCUT2D eigenvalue weighted by Crippen LogP contribution is -2.46. The van der Waals surface area contributed by atoms with Gasteiger partial charge in [0.1, 0.15) is 0 Å². The molecule has 2 rings (SSSR count). The smallest absolute Gasteiger partial charge is 0.220 e. The van der Waals surface area contributed by atoms with Crippen LogP contribution in [0.25, 0.3) is 0 Å². The molecule has 2 aliphatic rings. The predicted molar refractivity (Wildman–Crippen MR) is 81.4 cm³/mol. The highest BCUT2D eigenvalue weighted by atomic mass is 16.3. The quantitative estimate of drug-likeness (QED) is 0.776. The molecule has 2 unspecified atom stereocenters. The van der Waals surface area contributed by atoms with Crippen molar-refractivity contribution < 1.29 is 9.90 Å². The van der Waals surface area contributed by atoms with Gasteiger partial charge in [0, 0.05) is 13.0 Å². The molecule has 2 saturated carbocycles. The highest BCUT2D eigenvalue weighted by molar-refractivity contribution is 5.76. The third kappa shape index (κ3) is 5.08. The Morgan fingerprint density at radius 3 is 2.50 bits per heavy atom. The van der Waals surface area contributed by atoms with E-state index in [0.29, 0.717) is 24.8 Å². The van der Waals surface area contributed by atoms with E-state index in [-0.39, 0.29) is 5.91 Å². The Hall–Kier alpha value is -0.570. The summed E-state index contributed by atoms with van der Waals surface area (Å²) in [5.41, 5.74) is -0.656. The maximum absolute atomic E-state index is 12.1. The van der Waals surface area contributed by atoms with Gasteiger partial charge >= 0.3 is 0 Å². The van der Waals surface area contributed by atoms with Crippen molar-refractivity contribution in [1.82, 2.24) is 5.32 Å². The van der Waals surface area contributed by atoms with Crippen LogP contribution in [0, 0.1) is 11.8 Å². The molecule has 116 valence electrons. The van der Waals surface area contributed by atoms with Crippen molar-refractivity contribution in [3.05, 3.63) is 0 Å². The van der Waals surface area contributed by atoms with E-state index in [1.54, 1.807) is 0 Å². The third-order valence-electron chi connectivity index (χ3n) is 5.13. The van der Waals surface area contributed by atoms with E-state index >= 15 is 0 Å². The van der Waals surface area contributed by atoms with Gasteiger partial charge in [-0.2, -0.15) is 0 Å². The molecular formula is C17H31NO2. The molecular weight excluding hydrogens is 250 g/mol. The Balaban J connectivity index is 1.71. The van der Waals surface area contributed by atoms with Crippen LogP contribution in [0.1, 0.15) is 77.6 Å². The summed E-state index contributed by atoms with van der Waals surface area (Å²) in [7, 11) is 0. The fraction of sp³-hybridized carbons (Fsp3) is 0.941. The minimum atomic E-state index is -0.656. The van der Waals surface area contributed by atoms with Crippen molar-refractivity contribution in [1.29, 1.82) is 0 Å². The average molecular weight is 281 g/mol. The summed E-state index contributed by atoms with van der Waals surface area (Å²) in [4.78, 5) is 12.1.